The predicted molar refractivity (Wildman–Crippen MR) is 143 cm³/mol. The number of halogens is 1. The highest BCUT2D eigenvalue weighted by atomic mass is 35.5. The number of ether oxygens (including phenoxy) is 2. The van der Waals surface area contributed by atoms with Crippen molar-refractivity contribution in [1.29, 1.82) is 0 Å². The molecule has 7 nitrogen and oxygen atoms in total. The minimum atomic E-state index is -0.492. The first-order chi connectivity index (χ1) is 17.5. The standard InChI is InChI=1S/C27H29ClN4O3S/c1-4-6-15-36-27-30-26-29-18(3)23(25(33)34-14-5-2)24(32(26)31-27)20-10-12-22(13-11-20)35-17-19-8-7-9-21(28)16-19/h5,7-13,16,24H,2,4,6,14-15,17H2,1,3H3,(H,29,30,31). The minimum Gasteiger partial charge on any atom is -0.489 e. The SMILES string of the molecule is C=CCOC(=O)C1=C(C)Nc2nc(SCCCC)nn2C1c1ccc(OCc2cccc(Cl)c2)cc1. The van der Waals surface area contributed by atoms with Crippen LogP contribution in [0.5, 0.6) is 5.75 Å². The third-order valence-electron chi connectivity index (χ3n) is 5.60. The van der Waals surface area contributed by atoms with Crippen molar-refractivity contribution in [2.75, 3.05) is 17.7 Å². The summed E-state index contributed by atoms with van der Waals surface area (Å²) < 4.78 is 13.1. The fourth-order valence-corrected chi connectivity index (χ4v) is 4.95. The van der Waals surface area contributed by atoms with Crippen LogP contribution in [-0.4, -0.2) is 33.1 Å². The Kier molecular flexibility index (Phi) is 8.72. The molecular weight excluding hydrogens is 496 g/mol. The summed E-state index contributed by atoms with van der Waals surface area (Å²) in [5.74, 6) is 1.81. The molecule has 1 aromatic heterocycles. The zero-order valence-electron chi connectivity index (χ0n) is 20.4. The van der Waals surface area contributed by atoms with Crippen LogP contribution in [0.4, 0.5) is 5.95 Å². The highest BCUT2D eigenvalue weighted by Crippen LogP contribution is 2.37. The average Bonchev–Trinajstić information content (AvgIpc) is 3.28. The Morgan fingerprint density at radius 3 is 2.81 bits per heavy atom. The predicted octanol–water partition coefficient (Wildman–Crippen LogP) is 6.42. The van der Waals surface area contributed by atoms with E-state index in [1.54, 1.807) is 22.5 Å². The Morgan fingerprint density at radius 1 is 1.28 bits per heavy atom. The molecule has 0 aliphatic carbocycles. The lowest BCUT2D eigenvalue weighted by atomic mass is 9.96. The van der Waals surface area contributed by atoms with Crippen molar-refractivity contribution in [1.82, 2.24) is 14.8 Å². The molecule has 0 amide bonds. The van der Waals surface area contributed by atoms with Gasteiger partial charge in [0, 0.05) is 16.5 Å². The highest BCUT2D eigenvalue weighted by molar-refractivity contribution is 7.99. The van der Waals surface area contributed by atoms with E-state index in [0.29, 0.717) is 39.8 Å². The van der Waals surface area contributed by atoms with Gasteiger partial charge in [-0.25, -0.2) is 9.48 Å². The van der Waals surface area contributed by atoms with Crippen LogP contribution >= 0.6 is 23.4 Å². The smallest absolute Gasteiger partial charge is 0.338 e. The van der Waals surface area contributed by atoms with Crippen molar-refractivity contribution in [3.8, 4) is 5.75 Å². The molecule has 1 N–H and O–H groups in total. The van der Waals surface area contributed by atoms with Crippen LogP contribution in [0.15, 0.2) is 77.6 Å². The van der Waals surface area contributed by atoms with Crippen molar-refractivity contribution in [2.24, 2.45) is 0 Å². The highest BCUT2D eigenvalue weighted by Gasteiger charge is 2.35. The Hall–Kier alpha value is -3.23. The summed E-state index contributed by atoms with van der Waals surface area (Å²) in [4.78, 5) is 17.7. The first-order valence-corrected chi connectivity index (χ1v) is 13.2. The first kappa shape index (κ1) is 25.9. The number of thioether (sulfide) groups is 1. The lowest BCUT2D eigenvalue weighted by Gasteiger charge is -2.28. The van der Waals surface area contributed by atoms with Gasteiger partial charge in [-0.3, -0.25) is 0 Å². The fraction of sp³-hybridized carbons (Fsp3) is 0.296. The largest absolute Gasteiger partial charge is 0.489 e. The van der Waals surface area contributed by atoms with Crippen LogP contribution in [0, 0.1) is 0 Å². The van der Waals surface area contributed by atoms with E-state index >= 15 is 0 Å². The molecule has 1 atom stereocenters. The summed E-state index contributed by atoms with van der Waals surface area (Å²) in [6, 6.07) is 14.7. The summed E-state index contributed by atoms with van der Waals surface area (Å²) in [5, 5.41) is 9.30. The average molecular weight is 525 g/mol. The van der Waals surface area contributed by atoms with Crippen LogP contribution in [0.25, 0.3) is 0 Å². The maximum absolute atomic E-state index is 13.1. The maximum atomic E-state index is 13.1. The number of benzene rings is 2. The molecule has 0 saturated heterocycles. The molecule has 9 heteroatoms. The number of rotatable bonds is 11. The Labute approximate surface area is 220 Å². The molecule has 0 spiro atoms. The van der Waals surface area contributed by atoms with Gasteiger partial charge >= 0.3 is 5.97 Å². The number of nitrogens with zero attached hydrogens (tertiary/aromatic N) is 3. The molecule has 2 aromatic carbocycles. The van der Waals surface area contributed by atoms with Gasteiger partial charge in [-0.15, -0.1) is 5.10 Å². The molecule has 1 aliphatic heterocycles. The maximum Gasteiger partial charge on any atom is 0.338 e. The number of esters is 1. The second-order valence-electron chi connectivity index (χ2n) is 8.31. The third-order valence-corrected chi connectivity index (χ3v) is 6.76. The van der Waals surface area contributed by atoms with Crippen molar-refractivity contribution < 1.29 is 14.3 Å². The van der Waals surface area contributed by atoms with Crippen molar-refractivity contribution in [3.05, 3.63) is 88.6 Å². The molecule has 0 radical (unpaired) electrons. The molecule has 0 saturated carbocycles. The van der Waals surface area contributed by atoms with Crippen molar-refractivity contribution in [2.45, 2.75) is 44.5 Å². The van der Waals surface area contributed by atoms with Gasteiger partial charge in [0.05, 0.1) is 5.57 Å². The molecule has 4 rings (SSSR count). The Bertz CT molecular complexity index is 1260. The summed E-state index contributed by atoms with van der Waals surface area (Å²) in [5.41, 5.74) is 3.01. The van der Waals surface area contributed by atoms with Crippen LogP contribution in [-0.2, 0) is 16.1 Å². The van der Waals surface area contributed by atoms with E-state index in [2.05, 4.69) is 23.8 Å². The number of unbranched alkanes of at least 4 members (excludes halogenated alkanes) is 1. The monoisotopic (exact) mass is 524 g/mol. The first-order valence-electron chi connectivity index (χ1n) is 11.8. The topological polar surface area (TPSA) is 78.3 Å². The van der Waals surface area contributed by atoms with E-state index in [-0.39, 0.29) is 6.61 Å². The number of hydrogen-bond acceptors (Lipinski definition) is 7. The summed E-state index contributed by atoms with van der Waals surface area (Å²) in [6.45, 7) is 8.17. The van der Waals surface area contributed by atoms with E-state index in [0.717, 1.165) is 29.7 Å². The van der Waals surface area contributed by atoms with Gasteiger partial charge in [-0.1, -0.05) is 73.6 Å². The number of carbonyl (C=O) groups is 1. The minimum absolute atomic E-state index is 0.126. The quantitative estimate of drug-likeness (QED) is 0.134. The van der Waals surface area contributed by atoms with Gasteiger partial charge in [0.25, 0.3) is 0 Å². The van der Waals surface area contributed by atoms with Gasteiger partial charge in [0.2, 0.25) is 11.1 Å². The van der Waals surface area contributed by atoms with Crippen LogP contribution in [0.2, 0.25) is 5.02 Å². The zero-order chi connectivity index (χ0) is 25.5. The fourth-order valence-electron chi connectivity index (χ4n) is 3.83. The molecule has 188 valence electrons. The van der Waals surface area contributed by atoms with E-state index in [9.17, 15) is 4.79 Å². The normalized spacial score (nSPS) is 14.7. The number of fused-ring (bicyclic) bond motifs is 1. The molecule has 36 heavy (non-hydrogen) atoms. The Morgan fingerprint density at radius 2 is 2.08 bits per heavy atom. The molecule has 1 unspecified atom stereocenters. The van der Waals surface area contributed by atoms with E-state index in [4.69, 9.17) is 26.2 Å². The second kappa shape index (κ2) is 12.1. The Balaban J connectivity index is 1.61. The van der Waals surface area contributed by atoms with Gasteiger partial charge < -0.3 is 14.8 Å². The lowest BCUT2D eigenvalue weighted by Crippen LogP contribution is -2.29. The summed E-state index contributed by atoms with van der Waals surface area (Å²) in [7, 11) is 0. The third kappa shape index (κ3) is 6.12. The molecule has 2 heterocycles. The number of allylic oxidation sites excluding steroid dienone is 1. The lowest BCUT2D eigenvalue weighted by molar-refractivity contribution is -0.138. The second-order valence-corrected chi connectivity index (χ2v) is 9.80. The number of aromatic nitrogens is 3. The molecular formula is C27H29ClN4O3S. The number of hydrogen-bond donors (Lipinski definition) is 1. The summed E-state index contributed by atoms with van der Waals surface area (Å²) in [6.07, 6.45) is 3.74. The molecule has 3 aromatic rings. The van der Waals surface area contributed by atoms with E-state index < -0.39 is 12.0 Å². The van der Waals surface area contributed by atoms with Crippen molar-refractivity contribution >= 4 is 35.3 Å². The number of anilines is 1. The van der Waals surface area contributed by atoms with E-state index in [1.165, 1.54) is 0 Å². The van der Waals surface area contributed by atoms with Gasteiger partial charge in [-0.05, 0) is 48.7 Å². The van der Waals surface area contributed by atoms with Crippen LogP contribution < -0.4 is 10.1 Å². The van der Waals surface area contributed by atoms with Crippen molar-refractivity contribution in [3.63, 3.8) is 0 Å². The van der Waals surface area contributed by atoms with Crippen LogP contribution in [0.3, 0.4) is 0 Å². The van der Waals surface area contributed by atoms with Gasteiger partial charge in [-0.2, -0.15) is 4.98 Å². The summed E-state index contributed by atoms with van der Waals surface area (Å²) >= 11 is 7.68. The molecule has 0 fully saturated rings. The van der Waals surface area contributed by atoms with Gasteiger partial charge in [0.1, 0.15) is 25.0 Å². The van der Waals surface area contributed by atoms with E-state index in [1.807, 2.05) is 55.5 Å². The number of carbonyl (C=O) groups excluding carboxylic acids is 1. The molecule has 0 bridgehead atoms. The van der Waals surface area contributed by atoms with Gasteiger partial charge in [0.15, 0.2) is 0 Å². The molecule has 1 aliphatic rings. The number of nitrogens with one attached hydrogen (secondary N) is 1. The zero-order valence-corrected chi connectivity index (χ0v) is 21.9. The van der Waals surface area contributed by atoms with Crippen LogP contribution in [0.1, 0.15) is 43.9 Å².